The van der Waals surface area contributed by atoms with E-state index in [2.05, 4.69) is 15.0 Å². The number of carbonyl (C=O) groups is 1. The van der Waals surface area contributed by atoms with Crippen LogP contribution in [0.3, 0.4) is 0 Å². The van der Waals surface area contributed by atoms with Crippen LogP contribution in [0.1, 0.15) is 16.1 Å². The molecule has 3 aromatic rings. The molecule has 0 radical (unpaired) electrons. The smallest absolute Gasteiger partial charge is 0.387 e. The number of carbonyl (C=O) groups excluding carboxylic acids is 1. The molecule has 1 N–H and O–H groups in total. The molecule has 25 heavy (non-hydrogen) atoms. The minimum absolute atomic E-state index is 0.117. The van der Waals surface area contributed by atoms with Gasteiger partial charge in [0.1, 0.15) is 16.5 Å². The van der Waals surface area contributed by atoms with E-state index >= 15 is 0 Å². The second kappa shape index (κ2) is 8.17. The number of halogens is 2. The lowest BCUT2D eigenvalue weighted by atomic mass is 10.1. The van der Waals surface area contributed by atoms with E-state index in [1.807, 2.05) is 16.8 Å². The molecule has 2 aromatic heterocycles. The number of hydrogen-bond acceptors (Lipinski definition) is 5. The SMILES string of the molecule is O=C(NCCc1ccc(OC(F)F)cc1)c1csc(-c2ccsc2)n1. The van der Waals surface area contributed by atoms with Crippen LogP contribution in [0.4, 0.5) is 8.78 Å². The predicted molar refractivity (Wildman–Crippen MR) is 94.5 cm³/mol. The fraction of sp³-hybridized carbons (Fsp3) is 0.176. The van der Waals surface area contributed by atoms with E-state index in [0.29, 0.717) is 18.7 Å². The normalized spacial score (nSPS) is 10.8. The Hall–Kier alpha value is -2.32. The van der Waals surface area contributed by atoms with Crippen molar-refractivity contribution >= 4 is 28.6 Å². The Bertz CT molecular complexity index is 818. The number of alkyl halides is 2. The average molecular weight is 380 g/mol. The zero-order chi connectivity index (χ0) is 17.6. The lowest BCUT2D eigenvalue weighted by Crippen LogP contribution is -2.25. The van der Waals surface area contributed by atoms with Crippen molar-refractivity contribution in [2.45, 2.75) is 13.0 Å². The van der Waals surface area contributed by atoms with Gasteiger partial charge in [-0.3, -0.25) is 4.79 Å². The molecule has 1 aromatic carbocycles. The van der Waals surface area contributed by atoms with Crippen molar-refractivity contribution in [3.63, 3.8) is 0 Å². The van der Waals surface area contributed by atoms with Crippen molar-refractivity contribution in [2.75, 3.05) is 6.54 Å². The number of nitrogens with one attached hydrogen (secondary N) is 1. The maximum absolute atomic E-state index is 12.1. The molecule has 0 aliphatic rings. The van der Waals surface area contributed by atoms with Crippen molar-refractivity contribution in [1.82, 2.24) is 10.3 Å². The highest BCUT2D eigenvalue weighted by atomic mass is 32.1. The zero-order valence-electron chi connectivity index (χ0n) is 12.9. The zero-order valence-corrected chi connectivity index (χ0v) is 14.6. The Kier molecular flexibility index (Phi) is 5.72. The molecule has 130 valence electrons. The van der Waals surface area contributed by atoms with Crippen LogP contribution in [-0.4, -0.2) is 24.0 Å². The quantitative estimate of drug-likeness (QED) is 0.659. The molecule has 0 bridgehead atoms. The standard InChI is InChI=1S/C17H14F2N2O2S2/c18-17(19)23-13-3-1-11(2-4-13)5-7-20-15(22)14-10-25-16(21-14)12-6-8-24-9-12/h1-4,6,8-10,17H,5,7H2,(H,20,22). The van der Waals surface area contributed by atoms with Gasteiger partial charge in [-0.05, 0) is 35.6 Å². The van der Waals surface area contributed by atoms with Crippen LogP contribution in [0.15, 0.2) is 46.5 Å². The van der Waals surface area contributed by atoms with Crippen LogP contribution < -0.4 is 10.1 Å². The molecule has 0 unspecified atom stereocenters. The molecule has 1 amide bonds. The van der Waals surface area contributed by atoms with E-state index in [9.17, 15) is 13.6 Å². The van der Waals surface area contributed by atoms with Crippen LogP contribution in [0.25, 0.3) is 10.6 Å². The Morgan fingerprint density at radius 2 is 2.00 bits per heavy atom. The number of aromatic nitrogens is 1. The Labute approximate surface area is 151 Å². The van der Waals surface area contributed by atoms with Gasteiger partial charge in [-0.15, -0.1) is 11.3 Å². The van der Waals surface area contributed by atoms with Crippen LogP contribution in [0, 0.1) is 0 Å². The number of amides is 1. The molecule has 0 saturated carbocycles. The van der Waals surface area contributed by atoms with Crippen molar-refractivity contribution in [3.05, 3.63) is 57.7 Å². The van der Waals surface area contributed by atoms with Crippen LogP contribution in [0.5, 0.6) is 5.75 Å². The average Bonchev–Trinajstić information content (AvgIpc) is 3.27. The first kappa shape index (κ1) is 17.5. The van der Waals surface area contributed by atoms with Crippen molar-refractivity contribution in [1.29, 1.82) is 0 Å². The molecule has 0 saturated heterocycles. The summed E-state index contributed by atoms with van der Waals surface area (Å²) >= 11 is 3.01. The van der Waals surface area contributed by atoms with E-state index in [-0.39, 0.29) is 11.7 Å². The van der Waals surface area contributed by atoms with Gasteiger partial charge in [-0.1, -0.05) is 12.1 Å². The topological polar surface area (TPSA) is 51.2 Å². The van der Waals surface area contributed by atoms with E-state index in [1.54, 1.807) is 28.8 Å². The highest BCUT2D eigenvalue weighted by Crippen LogP contribution is 2.25. The van der Waals surface area contributed by atoms with Gasteiger partial charge in [0, 0.05) is 22.9 Å². The number of rotatable bonds is 7. The summed E-state index contributed by atoms with van der Waals surface area (Å²) in [6, 6.07) is 8.32. The molecule has 0 aliphatic heterocycles. The number of benzene rings is 1. The van der Waals surface area contributed by atoms with Gasteiger partial charge >= 0.3 is 6.61 Å². The summed E-state index contributed by atoms with van der Waals surface area (Å²) < 4.78 is 28.5. The number of nitrogens with zero attached hydrogens (tertiary/aromatic N) is 1. The van der Waals surface area contributed by atoms with Gasteiger partial charge in [-0.25, -0.2) is 4.98 Å². The summed E-state index contributed by atoms with van der Waals surface area (Å²) in [5.41, 5.74) is 2.33. The molecule has 0 spiro atoms. The first-order valence-electron chi connectivity index (χ1n) is 7.42. The van der Waals surface area contributed by atoms with Gasteiger partial charge in [-0.2, -0.15) is 20.1 Å². The lowest BCUT2D eigenvalue weighted by Gasteiger charge is -2.06. The predicted octanol–water partition coefficient (Wildman–Crippen LogP) is 4.45. The Morgan fingerprint density at radius 3 is 2.68 bits per heavy atom. The van der Waals surface area contributed by atoms with E-state index in [4.69, 9.17) is 0 Å². The van der Waals surface area contributed by atoms with Gasteiger partial charge < -0.3 is 10.1 Å². The van der Waals surface area contributed by atoms with Crippen molar-refractivity contribution in [2.24, 2.45) is 0 Å². The summed E-state index contributed by atoms with van der Waals surface area (Å²) in [5.74, 6) is -0.110. The summed E-state index contributed by atoms with van der Waals surface area (Å²) in [5, 5.41) is 9.32. The number of ether oxygens (including phenoxy) is 1. The molecular formula is C17H14F2N2O2S2. The molecule has 2 heterocycles. The third-order valence-electron chi connectivity index (χ3n) is 3.35. The van der Waals surface area contributed by atoms with Crippen LogP contribution in [-0.2, 0) is 6.42 Å². The maximum atomic E-state index is 12.1. The summed E-state index contributed by atoms with van der Waals surface area (Å²) in [6.07, 6.45) is 0.586. The second-order valence-corrected chi connectivity index (χ2v) is 6.72. The molecule has 8 heteroatoms. The monoisotopic (exact) mass is 380 g/mol. The van der Waals surface area contributed by atoms with E-state index < -0.39 is 6.61 Å². The molecular weight excluding hydrogens is 366 g/mol. The number of thiophene rings is 1. The van der Waals surface area contributed by atoms with Crippen LogP contribution >= 0.6 is 22.7 Å². The minimum Gasteiger partial charge on any atom is -0.435 e. The Balaban J connectivity index is 1.49. The van der Waals surface area contributed by atoms with Gasteiger partial charge in [0.05, 0.1) is 0 Å². The number of hydrogen-bond donors (Lipinski definition) is 1. The molecule has 4 nitrogen and oxygen atoms in total. The molecule has 3 rings (SSSR count). The largest absolute Gasteiger partial charge is 0.435 e. The van der Waals surface area contributed by atoms with Gasteiger partial charge in [0.15, 0.2) is 0 Å². The third kappa shape index (κ3) is 4.83. The summed E-state index contributed by atoms with van der Waals surface area (Å²) in [6.45, 7) is -2.40. The fourth-order valence-corrected chi connectivity index (χ4v) is 3.66. The maximum Gasteiger partial charge on any atom is 0.387 e. The molecule has 0 atom stereocenters. The minimum atomic E-state index is -2.83. The van der Waals surface area contributed by atoms with Crippen molar-refractivity contribution in [3.8, 4) is 16.3 Å². The fourth-order valence-electron chi connectivity index (χ4n) is 2.15. The van der Waals surface area contributed by atoms with E-state index in [1.165, 1.54) is 23.5 Å². The number of thiazole rings is 1. The third-order valence-corrected chi connectivity index (χ3v) is 4.93. The van der Waals surface area contributed by atoms with Gasteiger partial charge in [0.2, 0.25) is 0 Å². The Morgan fingerprint density at radius 1 is 1.20 bits per heavy atom. The highest BCUT2D eigenvalue weighted by Gasteiger charge is 2.11. The highest BCUT2D eigenvalue weighted by molar-refractivity contribution is 7.14. The van der Waals surface area contributed by atoms with Gasteiger partial charge in [0.25, 0.3) is 5.91 Å². The van der Waals surface area contributed by atoms with Crippen LogP contribution in [0.2, 0.25) is 0 Å². The molecule has 0 aliphatic carbocycles. The first-order valence-corrected chi connectivity index (χ1v) is 9.24. The van der Waals surface area contributed by atoms with E-state index in [0.717, 1.165) is 16.1 Å². The second-order valence-electron chi connectivity index (χ2n) is 5.08. The first-order chi connectivity index (χ1) is 12.1. The molecule has 0 fully saturated rings. The lowest BCUT2D eigenvalue weighted by molar-refractivity contribution is -0.0498. The summed E-state index contributed by atoms with van der Waals surface area (Å²) in [4.78, 5) is 16.5. The summed E-state index contributed by atoms with van der Waals surface area (Å²) in [7, 11) is 0. The van der Waals surface area contributed by atoms with Crippen molar-refractivity contribution < 1.29 is 18.3 Å².